The number of alkyl halides is 1. The van der Waals surface area contributed by atoms with Gasteiger partial charge < -0.3 is 9.64 Å². The summed E-state index contributed by atoms with van der Waals surface area (Å²) in [4.78, 5) is 25.1. The smallest absolute Gasteiger partial charge is 0.309 e. The van der Waals surface area contributed by atoms with Crippen molar-refractivity contribution < 1.29 is 14.3 Å². The molecule has 0 aromatic carbocycles. The van der Waals surface area contributed by atoms with Crippen LogP contribution in [0.2, 0.25) is 0 Å². The number of esters is 1. The number of likely N-dealkylation sites (tertiary alicyclic amines) is 1. The Bertz CT molecular complexity index is 299. The minimum absolute atomic E-state index is 0.0292. The average Bonchev–Trinajstić information content (AvgIpc) is 2.42. The minimum atomic E-state index is -0.0882. The Balaban J connectivity index is 2.20. The zero-order valence-corrected chi connectivity index (χ0v) is 13.4. The standard InChI is InChI=1S/C14H24BrNO3/c1-11(2)4-3-9-19-14(18)12-5-7-16(8-6-12)13(17)10-15/h11-12H,3-10H2,1-2H3. The van der Waals surface area contributed by atoms with E-state index in [1.54, 1.807) is 4.90 Å². The number of carbonyl (C=O) groups is 2. The molecule has 19 heavy (non-hydrogen) atoms. The van der Waals surface area contributed by atoms with Gasteiger partial charge in [0.2, 0.25) is 5.91 Å². The van der Waals surface area contributed by atoms with Crippen molar-refractivity contribution in [3.05, 3.63) is 0 Å². The summed E-state index contributed by atoms with van der Waals surface area (Å²) in [6.45, 7) is 6.18. The summed E-state index contributed by atoms with van der Waals surface area (Å²) in [5, 5.41) is 0.358. The highest BCUT2D eigenvalue weighted by Gasteiger charge is 2.27. The first kappa shape index (κ1) is 16.5. The first-order chi connectivity index (χ1) is 9.04. The van der Waals surface area contributed by atoms with Crippen LogP contribution in [-0.4, -0.2) is 41.8 Å². The third-order valence-corrected chi connectivity index (χ3v) is 3.95. The second-order valence-corrected chi connectivity index (χ2v) is 6.05. The van der Waals surface area contributed by atoms with Crippen LogP contribution in [0.5, 0.6) is 0 Å². The zero-order valence-electron chi connectivity index (χ0n) is 11.9. The summed E-state index contributed by atoms with van der Waals surface area (Å²) < 4.78 is 5.30. The molecule has 0 aromatic rings. The van der Waals surface area contributed by atoms with Crippen LogP contribution in [-0.2, 0) is 14.3 Å². The van der Waals surface area contributed by atoms with Gasteiger partial charge in [0.25, 0.3) is 0 Å². The van der Waals surface area contributed by atoms with Crippen LogP contribution in [0.4, 0.5) is 0 Å². The molecule has 1 saturated heterocycles. The number of nitrogens with zero attached hydrogens (tertiary/aromatic N) is 1. The van der Waals surface area contributed by atoms with Crippen molar-refractivity contribution in [1.29, 1.82) is 0 Å². The number of hydrogen-bond acceptors (Lipinski definition) is 3. The molecule has 0 aliphatic carbocycles. The predicted octanol–water partition coefficient (Wildman–Crippen LogP) is 2.60. The van der Waals surface area contributed by atoms with Crippen LogP contribution in [0.1, 0.15) is 39.5 Å². The van der Waals surface area contributed by atoms with Crippen LogP contribution < -0.4 is 0 Å². The van der Waals surface area contributed by atoms with Crippen LogP contribution in [0.3, 0.4) is 0 Å². The van der Waals surface area contributed by atoms with Crippen molar-refractivity contribution in [2.45, 2.75) is 39.5 Å². The van der Waals surface area contributed by atoms with E-state index < -0.39 is 0 Å². The highest BCUT2D eigenvalue weighted by atomic mass is 79.9. The van der Waals surface area contributed by atoms with Crippen molar-refractivity contribution in [1.82, 2.24) is 4.90 Å². The number of piperidine rings is 1. The molecule has 1 rings (SSSR count). The number of ether oxygens (including phenoxy) is 1. The molecular weight excluding hydrogens is 310 g/mol. The molecule has 0 saturated carbocycles. The zero-order chi connectivity index (χ0) is 14.3. The van der Waals surface area contributed by atoms with Gasteiger partial charge in [-0.2, -0.15) is 0 Å². The lowest BCUT2D eigenvalue weighted by molar-refractivity contribution is -0.151. The van der Waals surface area contributed by atoms with E-state index >= 15 is 0 Å². The fraction of sp³-hybridized carbons (Fsp3) is 0.857. The van der Waals surface area contributed by atoms with E-state index in [9.17, 15) is 9.59 Å². The van der Waals surface area contributed by atoms with E-state index in [-0.39, 0.29) is 17.8 Å². The molecule has 5 heteroatoms. The second-order valence-electron chi connectivity index (χ2n) is 5.49. The lowest BCUT2D eigenvalue weighted by Gasteiger charge is -2.30. The number of carbonyl (C=O) groups excluding carboxylic acids is 2. The Labute approximate surface area is 124 Å². The third-order valence-electron chi connectivity index (χ3n) is 3.47. The quantitative estimate of drug-likeness (QED) is 0.426. The molecule has 0 N–H and O–H groups in total. The molecule has 110 valence electrons. The number of halogens is 1. The Morgan fingerprint density at radius 2 is 1.95 bits per heavy atom. The van der Waals surface area contributed by atoms with Gasteiger partial charge in [0.05, 0.1) is 17.9 Å². The normalized spacial score (nSPS) is 16.7. The van der Waals surface area contributed by atoms with E-state index in [0.29, 0.717) is 30.9 Å². The average molecular weight is 334 g/mol. The molecule has 0 atom stereocenters. The molecule has 4 nitrogen and oxygen atoms in total. The van der Waals surface area contributed by atoms with Gasteiger partial charge in [-0.1, -0.05) is 29.8 Å². The summed E-state index contributed by atoms with van der Waals surface area (Å²) >= 11 is 3.17. The molecule has 1 fully saturated rings. The summed E-state index contributed by atoms with van der Waals surface area (Å²) in [7, 11) is 0. The van der Waals surface area contributed by atoms with Crippen molar-refractivity contribution in [2.24, 2.45) is 11.8 Å². The molecule has 1 amide bonds. The van der Waals surface area contributed by atoms with Crippen molar-refractivity contribution >= 4 is 27.8 Å². The lowest BCUT2D eigenvalue weighted by Crippen LogP contribution is -2.41. The summed E-state index contributed by atoms with van der Waals surface area (Å²) in [5.74, 6) is 0.633. The molecule has 0 aromatic heterocycles. The van der Waals surface area contributed by atoms with Gasteiger partial charge in [0, 0.05) is 13.1 Å². The van der Waals surface area contributed by atoms with E-state index in [1.165, 1.54) is 0 Å². The number of hydrogen-bond donors (Lipinski definition) is 0. The van der Waals surface area contributed by atoms with Crippen molar-refractivity contribution in [3.8, 4) is 0 Å². The first-order valence-electron chi connectivity index (χ1n) is 7.05. The van der Waals surface area contributed by atoms with E-state index in [0.717, 1.165) is 25.7 Å². The highest BCUT2D eigenvalue weighted by molar-refractivity contribution is 9.09. The highest BCUT2D eigenvalue weighted by Crippen LogP contribution is 2.19. The topological polar surface area (TPSA) is 46.6 Å². The molecule has 0 bridgehead atoms. The Morgan fingerprint density at radius 3 is 2.47 bits per heavy atom. The van der Waals surface area contributed by atoms with Gasteiger partial charge in [-0.05, 0) is 31.6 Å². The van der Waals surface area contributed by atoms with Gasteiger partial charge >= 0.3 is 5.97 Å². The number of amides is 1. The molecule has 1 aliphatic rings. The van der Waals surface area contributed by atoms with Gasteiger partial charge in [0.15, 0.2) is 0 Å². The maximum atomic E-state index is 11.9. The Kier molecular flexibility index (Phi) is 7.42. The van der Waals surface area contributed by atoms with E-state index in [1.807, 2.05) is 0 Å². The molecule has 0 radical (unpaired) electrons. The Hall–Kier alpha value is -0.580. The van der Waals surface area contributed by atoms with Gasteiger partial charge in [-0.15, -0.1) is 0 Å². The first-order valence-corrected chi connectivity index (χ1v) is 8.17. The fourth-order valence-electron chi connectivity index (χ4n) is 2.23. The van der Waals surface area contributed by atoms with Gasteiger partial charge in [-0.25, -0.2) is 0 Å². The maximum absolute atomic E-state index is 11.9. The van der Waals surface area contributed by atoms with Gasteiger partial charge in [-0.3, -0.25) is 9.59 Å². The molecular formula is C14H24BrNO3. The number of rotatable bonds is 6. The summed E-state index contributed by atoms with van der Waals surface area (Å²) in [6, 6.07) is 0. The second kappa shape index (κ2) is 8.56. The van der Waals surface area contributed by atoms with Crippen LogP contribution in [0.25, 0.3) is 0 Å². The molecule has 1 heterocycles. The van der Waals surface area contributed by atoms with Crippen LogP contribution >= 0.6 is 15.9 Å². The summed E-state index contributed by atoms with van der Waals surface area (Å²) in [5.41, 5.74) is 0. The SMILES string of the molecule is CC(C)CCCOC(=O)C1CCN(C(=O)CBr)CC1. The van der Waals surface area contributed by atoms with Crippen LogP contribution in [0.15, 0.2) is 0 Å². The van der Waals surface area contributed by atoms with Gasteiger partial charge in [0.1, 0.15) is 0 Å². The summed E-state index contributed by atoms with van der Waals surface area (Å²) in [6.07, 6.45) is 3.47. The van der Waals surface area contributed by atoms with Crippen molar-refractivity contribution in [2.75, 3.05) is 25.0 Å². The fourth-order valence-corrected chi connectivity index (χ4v) is 2.59. The maximum Gasteiger partial charge on any atom is 0.309 e. The third kappa shape index (κ3) is 5.93. The van der Waals surface area contributed by atoms with Crippen LogP contribution in [0, 0.1) is 11.8 Å². The predicted molar refractivity (Wildman–Crippen MR) is 78.1 cm³/mol. The molecule has 0 unspecified atom stereocenters. The van der Waals surface area contributed by atoms with E-state index in [2.05, 4.69) is 29.8 Å². The van der Waals surface area contributed by atoms with Crippen molar-refractivity contribution in [3.63, 3.8) is 0 Å². The molecule has 0 spiro atoms. The lowest BCUT2D eigenvalue weighted by atomic mass is 9.97. The largest absolute Gasteiger partial charge is 0.465 e. The monoisotopic (exact) mass is 333 g/mol. The minimum Gasteiger partial charge on any atom is -0.465 e. The van der Waals surface area contributed by atoms with E-state index in [4.69, 9.17) is 4.74 Å². The molecule has 1 aliphatic heterocycles. The Morgan fingerprint density at radius 1 is 1.32 bits per heavy atom.